The van der Waals surface area contributed by atoms with Gasteiger partial charge >= 0.3 is 0 Å². The van der Waals surface area contributed by atoms with Crippen molar-refractivity contribution in [3.05, 3.63) is 63.8 Å². The monoisotopic (exact) mass is 335 g/mol. The number of nitrogens with zero attached hydrogens (tertiary/aromatic N) is 1. The van der Waals surface area contributed by atoms with Crippen LogP contribution >= 0.6 is 23.2 Å². The molecule has 1 aromatic heterocycles. The zero-order valence-electron chi connectivity index (χ0n) is 11.3. The van der Waals surface area contributed by atoms with E-state index in [4.69, 9.17) is 32.5 Å². The van der Waals surface area contributed by atoms with Gasteiger partial charge in [-0.2, -0.15) is 0 Å². The number of furan rings is 1. The third-order valence-electron chi connectivity index (χ3n) is 3.09. The minimum absolute atomic E-state index is 0.137. The third kappa shape index (κ3) is 3.03. The van der Waals surface area contributed by atoms with Gasteiger partial charge in [0.1, 0.15) is 12.8 Å². The Kier molecular flexibility index (Phi) is 4.22. The van der Waals surface area contributed by atoms with Gasteiger partial charge in [0.15, 0.2) is 5.76 Å². The van der Waals surface area contributed by atoms with Crippen LogP contribution in [0.25, 0.3) is 10.8 Å². The molecule has 0 fully saturated rings. The first-order valence-corrected chi connectivity index (χ1v) is 7.20. The van der Waals surface area contributed by atoms with Gasteiger partial charge in [-0.05, 0) is 23.8 Å². The van der Waals surface area contributed by atoms with Gasteiger partial charge in [0.05, 0.1) is 15.4 Å². The summed E-state index contributed by atoms with van der Waals surface area (Å²) < 4.78 is 5.24. The number of hydrogen-bond donors (Lipinski definition) is 1. The lowest BCUT2D eigenvalue weighted by Crippen LogP contribution is -1.88. The van der Waals surface area contributed by atoms with E-state index in [9.17, 15) is 5.11 Å². The van der Waals surface area contributed by atoms with Crippen LogP contribution in [0.15, 0.2) is 52.0 Å². The molecule has 0 radical (unpaired) electrons. The van der Waals surface area contributed by atoms with Gasteiger partial charge in [-0.15, -0.1) is 0 Å². The molecule has 4 nitrogen and oxygen atoms in total. The fourth-order valence-corrected chi connectivity index (χ4v) is 2.34. The Morgan fingerprint density at radius 2 is 1.86 bits per heavy atom. The molecule has 0 saturated carbocycles. The van der Waals surface area contributed by atoms with E-state index in [2.05, 4.69) is 5.16 Å². The molecule has 0 bridgehead atoms. The first-order valence-electron chi connectivity index (χ1n) is 6.45. The molecule has 0 spiro atoms. The highest BCUT2D eigenvalue weighted by atomic mass is 35.5. The average Bonchev–Trinajstić information content (AvgIpc) is 2.84. The second-order valence-corrected chi connectivity index (χ2v) is 5.39. The summed E-state index contributed by atoms with van der Waals surface area (Å²) in [5.74, 6) is 0.295. The molecular weight excluding hydrogens is 325 g/mol. The van der Waals surface area contributed by atoms with Crippen molar-refractivity contribution < 1.29 is 14.4 Å². The third-order valence-corrected chi connectivity index (χ3v) is 3.83. The molecule has 0 atom stereocenters. The summed E-state index contributed by atoms with van der Waals surface area (Å²) in [5.41, 5.74) is 0.846. The number of fused-ring (bicyclic) bond motifs is 1. The number of benzene rings is 2. The fourth-order valence-electron chi connectivity index (χ4n) is 2.02. The van der Waals surface area contributed by atoms with Crippen molar-refractivity contribution in [2.75, 3.05) is 0 Å². The van der Waals surface area contributed by atoms with Crippen LogP contribution in [0.2, 0.25) is 10.0 Å². The van der Waals surface area contributed by atoms with Gasteiger partial charge in [0.25, 0.3) is 5.95 Å². The molecule has 22 heavy (non-hydrogen) atoms. The van der Waals surface area contributed by atoms with Gasteiger partial charge in [0.2, 0.25) is 0 Å². The molecule has 0 aliphatic heterocycles. The Morgan fingerprint density at radius 3 is 2.64 bits per heavy atom. The lowest BCUT2D eigenvalue weighted by atomic mass is 10.2. The average molecular weight is 336 g/mol. The predicted molar refractivity (Wildman–Crippen MR) is 86.7 cm³/mol. The number of oxime groups is 1. The maximum atomic E-state index is 9.69. The summed E-state index contributed by atoms with van der Waals surface area (Å²) in [5, 5.41) is 15.9. The van der Waals surface area contributed by atoms with Crippen LogP contribution in [0.5, 0.6) is 5.95 Å². The Hall–Kier alpha value is -2.17. The molecule has 1 heterocycles. The standard InChI is InChI=1S/C16H11Cl2NO3/c17-13-6-5-10(7-14(13)18)9-21-19-8-15-11-3-1-2-4-12(11)16(20)22-15/h1-8,20H,9H2/b19-8-. The van der Waals surface area contributed by atoms with E-state index in [1.807, 2.05) is 18.2 Å². The topological polar surface area (TPSA) is 55.0 Å². The van der Waals surface area contributed by atoms with Crippen molar-refractivity contribution >= 4 is 40.2 Å². The SMILES string of the molecule is Oc1oc(/C=N\OCc2ccc(Cl)c(Cl)c2)c2ccccc12. The summed E-state index contributed by atoms with van der Waals surface area (Å²) in [6, 6.07) is 12.5. The van der Waals surface area contributed by atoms with E-state index in [1.165, 1.54) is 6.21 Å². The van der Waals surface area contributed by atoms with E-state index < -0.39 is 0 Å². The number of aromatic hydroxyl groups is 1. The zero-order valence-corrected chi connectivity index (χ0v) is 12.8. The van der Waals surface area contributed by atoms with Crippen molar-refractivity contribution in [2.24, 2.45) is 5.16 Å². The second kappa shape index (κ2) is 6.30. The molecule has 2 aromatic carbocycles. The quantitative estimate of drug-likeness (QED) is 0.539. The van der Waals surface area contributed by atoms with Crippen LogP contribution in [0.1, 0.15) is 11.3 Å². The normalized spacial score (nSPS) is 11.4. The number of hydrogen-bond acceptors (Lipinski definition) is 4. The lowest BCUT2D eigenvalue weighted by Gasteiger charge is -2.01. The molecule has 0 amide bonds. The molecule has 1 N–H and O–H groups in total. The highest BCUT2D eigenvalue weighted by Gasteiger charge is 2.09. The maximum absolute atomic E-state index is 9.69. The van der Waals surface area contributed by atoms with E-state index in [0.717, 1.165) is 10.9 Å². The molecular formula is C16H11Cl2NO3. The summed E-state index contributed by atoms with van der Waals surface area (Å²) in [6.07, 6.45) is 1.42. The van der Waals surface area contributed by atoms with E-state index in [-0.39, 0.29) is 12.6 Å². The molecule has 0 aliphatic carbocycles. The molecule has 6 heteroatoms. The predicted octanol–water partition coefficient (Wildman–Crippen LogP) is 5.00. The van der Waals surface area contributed by atoms with Crippen molar-refractivity contribution in [3.8, 4) is 5.95 Å². The Bertz CT molecular complexity index is 843. The van der Waals surface area contributed by atoms with Crippen LogP contribution in [0, 0.1) is 0 Å². The Balaban J connectivity index is 1.70. The van der Waals surface area contributed by atoms with Gasteiger partial charge in [-0.1, -0.05) is 52.6 Å². The van der Waals surface area contributed by atoms with E-state index >= 15 is 0 Å². The Morgan fingerprint density at radius 1 is 1.09 bits per heavy atom. The highest BCUT2D eigenvalue weighted by molar-refractivity contribution is 6.42. The summed E-state index contributed by atoms with van der Waals surface area (Å²) >= 11 is 11.8. The maximum Gasteiger partial charge on any atom is 0.290 e. The van der Waals surface area contributed by atoms with Crippen molar-refractivity contribution in [2.45, 2.75) is 6.61 Å². The van der Waals surface area contributed by atoms with Crippen molar-refractivity contribution in [3.63, 3.8) is 0 Å². The number of halogens is 2. The number of rotatable bonds is 4. The summed E-state index contributed by atoms with van der Waals surface area (Å²) in [6.45, 7) is 0.248. The lowest BCUT2D eigenvalue weighted by molar-refractivity contribution is 0.132. The minimum atomic E-state index is -0.137. The fraction of sp³-hybridized carbons (Fsp3) is 0.0625. The first kappa shape index (κ1) is 14.8. The second-order valence-electron chi connectivity index (χ2n) is 4.57. The largest absolute Gasteiger partial charge is 0.480 e. The van der Waals surface area contributed by atoms with Crippen LogP contribution in [0.4, 0.5) is 0 Å². The van der Waals surface area contributed by atoms with Crippen molar-refractivity contribution in [1.82, 2.24) is 0 Å². The van der Waals surface area contributed by atoms with Crippen molar-refractivity contribution in [1.29, 1.82) is 0 Å². The van der Waals surface area contributed by atoms with Gasteiger partial charge in [-0.3, -0.25) is 0 Å². The molecule has 0 aliphatic rings. The van der Waals surface area contributed by atoms with E-state index in [0.29, 0.717) is 21.2 Å². The molecule has 3 aromatic rings. The van der Waals surface area contributed by atoms with Crippen LogP contribution < -0.4 is 0 Å². The Labute approximate surface area is 136 Å². The van der Waals surface area contributed by atoms with E-state index in [1.54, 1.807) is 24.3 Å². The smallest absolute Gasteiger partial charge is 0.290 e. The highest BCUT2D eigenvalue weighted by Crippen LogP contribution is 2.29. The molecule has 3 rings (SSSR count). The van der Waals surface area contributed by atoms with Crippen LogP contribution in [-0.2, 0) is 11.4 Å². The van der Waals surface area contributed by atoms with Crippen LogP contribution in [-0.4, -0.2) is 11.3 Å². The van der Waals surface area contributed by atoms with Crippen LogP contribution in [0.3, 0.4) is 0 Å². The molecule has 112 valence electrons. The zero-order chi connectivity index (χ0) is 15.5. The molecule has 0 unspecified atom stereocenters. The van der Waals surface area contributed by atoms with Gasteiger partial charge in [-0.25, -0.2) is 0 Å². The summed E-state index contributed by atoms with van der Waals surface area (Å²) in [4.78, 5) is 5.20. The molecule has 0 saturated heterocycles. The van der Waals surface area contributed by atoms with Gasteiger partial charge < -0.3 is 14.4 Å². The van der Waals surface area contributed by atoms with Gasteiger partial charge in [0, 0.05) is 5.39 Å². The summed E-state index contributed by atoms with van der Waals surface area (Å²) in [7, 11) is 0. The minimum Gasteiger partial charge on any atom is -0.480 e. The first-order chi connectivity index (χ1) is 10.6.